The maximum absolute atomic E-state index is 6.02. The minimum Gasteiger partial charge on any atom is -0.376 e. The van der Waals surface area contributed by atoms with Crippen molar-refractivity contribution in [2.24, 2.45) is 0 Å². The lowest BCUT2D eigenvalue weighted by molar-refractivity contribution is -0.0268. The van der Waals surface area contributed by atoms with E-state index in [-0.39, 0.29) is 18.2 Å². The minimum atomic E-state index is 0.174. The van der Waals surface area contributed by atoms with Gasteiger partial charge in [-0.05, 0) is 32.4 Å². The summed E-state index contributed by atoms with van der Waals surface area (Å²) in [6.07, 6.45) is 1.42. The van der Waals surface area contributed by atoms with Crippen molar-refractivity contribution in [2.75, 3.05) is 19.8 Å². The van der Waals surface area contributed by atoms with E-state index in [2.05, 4.69) is 43.4 Å². The molecule has 2 unspecified atom stereocenters. The van der Waals surface area contributed by atoms with E-state index < -0.39 is 0 Å². The molecule has 0 saturated heterocycles. The number of hydrogen-bond acceptors (Lipinski definition) is 3. The third-order valence-electron chi connectivity index (χ3n) is 3.22. The molecule has 0 bridgehead atoms. The van der Waals surface area contributed by atoms with Gasteiger partial charge in [0.05, 0.1) is 31.5 Å². The van der Waals surface area contributed by atoms with Crippen LogP contribution in [0.4, 0.5) is 0 Å². The Morgan fingerprint density at radius 1 is 1.00 bits per heavy atom. The fourth-order valence-corrected chi connectivity index (χ4v) is 2.28. The van der Waals surface area contributed by atoms with Crippen molar-refractivity contribution in [1.29, 1.82) is 0 Å². The summed E-state index contributed by atoms with van der Waals surface area (Å²) in [4.78, 5) is 0. The topological polar surface area (TPSA) is 30.5 Å². The summed E-state index contributed by atoms with van der Waals surface area (Å²) < 4.78 is 11.6. The molecule has 1 aromatic rings. The zero-order valence-electron chi connectivity index (χ0n) is 13.3. The molecule has 3 heteroatoms. The van der Waals surface area contributed by atoms with Gasteiger partial charge in [0.2, 0.25) is 0 Å². The predicted octanol–water partition coefficient (Wildman–Crippen LogP) is 3.56. The third kappa shape index (κ3) is 6.04. The van der Waals surface area contributed by atoms with Crippen LogP contribution < -0.4 is 5.32 Å². The van der Waals surface area contributed by atoms with Crippen LogP contribution in [-0.4, -0.2) is 32.0 Å². The number of nitrogens with one attached hydrogen (secondary N) is 1. The molecular formula is C17H29NO2. The molecule has 0 amide bonds. The Balaban J connectivity index is 2.58. The van der Waals surface area contributed by atoms with Gasteiger partial charge in [-0.15, -0.1) is 0 Å². The molecule has 0 aliphatic carbocycles. The molecule has 0 aliphatic heterocycles. The molecule has 0 fully saturated rings. The zero-order valence-corrected chi connectivity index (χ0v) is 13.3. The average Bonchev–Trinajstić information content (AvgIpc) is 2.46. The molecular weight excluding hydrogens is 250 g/mol. The first-order chi connectivity index (χ1) is 9.69. The smallest absolute Gasteiger partial charge is 0.0768 e. The van der Waals surface area contributed by atoms with Crippen LogP contribution in [0.3, 0.4) is 0 Å². The second-order valence-corrected chi connectivity index (χ2v) is 5.18. The van der Waals surface area contributed by atoms with Crippen LogP contribution in [0.25, 0.3) is 0 Å². The second kappa shape index (κ2) is 9.92. The maximum Gasteiger partial charge on any atom is 0.0768 e. The SMILES string of the molecule is CCNC(c1ccccc1)C(CC)OCCOC(C)C. The Morgan fingerprint density at radius 2 is 1.65 bits per heavy atom. The summed E-state index contributed by atoms with van der Waals surface area (Å²) in [5.41, 5.74) is 1.28. The number of benzene rings is 1. The predicted molar refractivity (Wildman–Crippen MR) is 84.0 cm³/mol. The van der Waals surface area contributed by atoms with Crippen molar-refractivity contribution in [1.82, 2.24) is 5.32 Å². The first-order valence-corrected chi connectivity index (χ1v) is 7.70. The fourth-order valence-electron chi connectivity index (χ4n) is 2.28. The lowest BCUT2D eigenvalue weighted by atomic mass is 9.99. The van der Waals surface area contributed by atoms with Crippen molar-refractivity contribution >= 4 is 0 Å². The van der Waals surface area contributed by atoms with E-state index in [0.717, 1.165) is 13.0 Å². The van der Waals surface area contributed by atoms with Gasteiger partial charge in [-0.1, -0.05) is 44.2 Å². The molecule has 114 valence electrons. The van der Waals surface area contributed by atoms with Gasteiger partial charge in [0, 0.05) is 0 Å². The number of likely N-dealkylation sites (N-methyl/N-ethyl adjacent to an activating group) is 1. The number of hydrogen-bond donors (Lipinski definition) is 1. The van der Waals surface area contributed by atoms with E-state index in [1.54, 1.807) is 0 Å². The monoisotopic (exact) mass is 279 g/mol. The average molecular weight is 279 g/mol. The van der Waals surface area contributed by atoms with Crippen molar-refractivity contribution in [3.05, 3.63) is 35.9 Å². The molecule has 0 heterocycles. The van der Waals surface area contributed by atoms with E-state index in [1.807, 2.05) is 19.9 Å². The van der Waals surface area contributed by atoms with Crippen molar-refractivity contribution in [3.8, 4) is 0 Å². The molecule has 0 aliphatic rings. The van der Waals surface area contributed by atoms with Crippen LogP contribution in [0.5, 0.6) is 0 Å². The Morgan fingerprint density at radius 3 is 2.20 bits per heavy atom. The van der Waals surface area contributed by atoms with Crippen LogP contribution in [0.15, 0.2) is 30.3 Å². The summed E-state index contributed by atoms with van der Waals surface area (Å²) in [5.74, 6) is 0. The van der Waals surface area contributed by atoms with Gasteiger partial charge in [0.1, 0.15) is 0 Å². The molecule has 0 radical (unpaired) electrons. The van der Waals surface area contributed by atoms with Gasteiger partial charge in [0.15, 0.2) is 0 Å². The van der Waals surface area contributed by atoms with Crippen LogP contribution in [0.1, 0.15) is 45.7 Å². The van der Waals surface area contributed by atoms with E-state index in [1.165, 1.54) is 5.56 Å². The highest BCUT2D eigenvalue weighted by Gasteiger charge is 2.21. The Labute approximate surface area is 123 Å². The van der Waals surface area contributed by atoms with Crippen LogP contribution in [-0.2, 0) is 9.47 Å². The quantitative estimate of drug-likeness (QED) is 0.664. The van der Waals surface area contributed by atoms with Gasteiger partial charge < -0.3 is 14.8 Å². The van der Waals surface area contributed by atoms with Gasteiger partial charge >= 0.3 is 0 Å². The third-order valence-corrected chi connectivity index (χ3v) is 3.22. The summed E-state index contributed by atoms with van der Waals surface area (Å²) >= 11 is 0. The molecule has 3 nitrogen and oxygen atoms in total. The van der Waals surface area contributed by atoms with E-state index in [4.69, 9.17) is 9.47 Å². The summed E-state index contributed by atoms with van der Waals surface area (Å²) in [7, 11) is 0. The highest BCUT2D eigenvalue weighted by Crippen LogP contribution is 2.21. The number of rotatable bonds is 10. The Bertz CT molecular complexity index is 340. The Kier molecular flexibility index (Phi) is 8.51. The second-order valence-electron chi connectivity index (χ2n) is 5.18. The molecule has 0 saturated carbocycles. The highest BCUT2D eigenvalue weighted by molar-refractivity contribution is 5.20. The minimum absolute atomic E-state index is 0.174. The van der Waals surface area contributed by atoms with E-state index in [9.17, 15) is 0 Å². The molecule has 1 rings (SSSR count). The first-order valence-electron chi connectivity index (χ1n) is 7.70. The summed E-state index contributed by atoms with van der Waals surface area (Å²) in [6.45, 7) is 10.6. The molecule has 0 spiro atoms. The molecule has 20 heavy (non-hydrogen) atoms. The van der Waals surface area contributed by atoms with Crippen LogP contribution in [0.2, 0.25) is 0 Å². The Hall–Kier alpha value is -0.900. The zero-order chi connectivity index (χ0) is 14.8. The molecule has 2 atom stereocenters. The highest BCUT2D eigenvalue weighted by atomic mass is 16.5. The van der Waals surface area contributed by atoms with Gasteiger partial charge in [-0.25, -0.2) is 0 Å². The molecule has 0 aromatic heterocycles. The standard InChI is InChI=1S/C17H29NO2/c1-5-16(20-13-12-19-14(3)4)17(18-6-2)15-10-8-7-9-11-15/h7-11,14,16-18H,5-6,12-13H2,1-4H3. The van der Waals surface area contributed by atoms with E-state index >= 15 is 0 Å². The fraction of sp³-hybridized carbons (Fsp3) is 0.647. The first kappa shape index (κ1) is 17.2. The summed E-state index contributed by atoms with van der Waals surface area (Å²) in [5, 5.41) is 3.53. The van der Waals surface area contributed by atoms with Crippen LogP contribution in [0, 0.1) is 0 Å². The summed E-state index contributed by atoms with van der Waals surface area (Å²) in [6, 6.07) is 10.8. The van der Waals surface area contributed by atoms with Crippen molar-refractivity contribution in [3.63, 3.8) is 0 Å². The molecule has 1 aromatic carbocycles. The normalized spacial score (nSPS) is 14.4. The lowest BCUT2D eigenvalue weighted by Gasteiger charge is -2.28. The van der Waals surface area contributed by atoms with Gasteiger partial charge in [-0.3, -0.25) is 0 Å². The van der Waals surface area contributed by atoms with Crippen molar-refractivity contribution in [2.45, 2.75) is 52.4 Å². The maximum atomic E-state index is 6.02. The largest absolute Gasteiger partial charge is 0.376 e. The van der Waals surface area contributed by atoms with E-state index in [0.29, 0.717) is 13.2 Å². The van der Waals surface area contributed by atoms with Crippen molar-refractivity contribution < 1.29 is 9.47 Å². The van der Waals surface area contributed by atoms with Crippen LogP contribution >= 0.6 is 0 Å². The lowest BCUT2D eigenvalue weighted by Crippen LogP contribution is -2.34. The van der Waals surface area contributed by atoms with Gasteiger partial charge in [0.25, 0.3) is 0 Å². The van der Waals surface area contributed by atoms with Gasteiger partial charge in [-0.2, -0.15) is 0 Å². The number of ether oxygens (including phenoxy) is 2. The molecule has 1 N–H and O–H groups in total.